The molecule has 7 heteroatoms. The molecule has 4 nitrogen and oxygen atoms in total. The van der Waals surface area contributed by atoms with Crippen molar-refractivity contribution in [2.24, 2.45) is 0 Å². The molecule has 2 aliphatic rings. The van der Waals surface area contributed by atoms with Crippen molar-refractivity contribution in [1.29, 1.82) is 0 Å². The number of benzene rings is 1. The van der Waals surface area contributed by atoms with Crippen LogP contribution in [0.15, 0.2) is 40.3 Å². The van der Waals surface area contributed by atoms with Gasteiger partial charge in [0.2, 0.25) is 5.79 Å². The average Bonchev–Trinajstić information content (AvgIpc) is 3.09. The maximum atomic E-state index is 11.9. The van der Waals surface area contributed by atoms with Gasteiger partial charge in [-0.2, -0.15) is 0 Å². The smallest absolute Gasteiger partial charge is 0.210 e. The molecule has 1 aromatic carbocycles. The number of hydrogen-bond acceptors (Lipinski definition) is 5. The molecule has 0 aromatic heterocycles. The molecule has 0 amide bonds. The molecule has 23 heavy (non-hydrogen) atoms. The number of carbonyl (C=O) groups is 1. The van der Waals surface area contributed by atoms with Crippen LogP contribution in [0.1, 0.15) is 24.9 Å². The van der Waals surface area contributed by atoms with Gasteiger partial charge >= 0.3 is 0 Å². The number of ether oxygens (including phenoxy) is 2. The molecular formula is C16H16ClNO3S2. The van der Waals surface area contributed by atoms with E-state index in [0.717, 1.165) is 5.56 Å². The van der Waals surface area contributed by atoms with E-state index in [9.17, 15) is 4.79 Å². The molecule has 1 aromatic rings. The Labute approximate surface area is 149 Å². The maximum absolute atomic E-state index is 11.9. The van der Waals surface area contributed by atoms with E-state index < -0.39 is 5.79 Å². The lowest BCUT2D eigenvalue weighted by molar-refractivity contribution is -0.136. The first kappa shape index (κ1) is 16.9. The minimum atomic E-state index is -1.04. The van der Waals surface area contributed by atoms with Crippen LogP contribution in [0.4, 0.5) is 0 Å². The Hall–Kier alpha value is -0.920. The molecule has 0 saturated carbocycles. The van der Waals surface area contributed by atoms with Crippen molar-refractivity contribution >= 4 is 45.7 Å². The van der Waals surface area contributed by atoms with Gasteiger partial charge in [-0.3, -0.25) is 4.79 Å². The molecule has 1 fully saturated rings. The molecule has 0 radical (unpaired) electrons. The van der Waals surface area contributed by atoms with E-state index >= 15 is 0 Å². The number of ketones is 1. The molecule has 1 atom stereocenters. The number of thioether (sulfide) groups is 1. The Morgan fingerprint density at radius 1 is 1.35 bits per heavy atom. The van der Waals surface area contributed by atoms with Gasteiger partial charge in [0.1, 0.15) is 4.32 Å². The van der Waals surface area contributed by atoms with Crippen LogP contribution in [0, 0.1) is 0 Å². The second-order valence-electron chi connectivity index (χ2n) is 5.36. The molecule has 0 bridgehead atoms. The third-order valence-corrected chi connectivity index (χ3v) is 5.67. The SMILES string of the molecule is CC(NC(=S)SC1=C(Cl)C(=O)CC12OCCO2)c1ccccc1. The highest BCUT2D eigenvalue weighted by molar-refractivity contribution is 8.25. The molecule has 1 aliphatic carbocycles. The number of carbonyl (C=O) groups excluding carboxylic acids is 1. The van der Waals surface area contributed by atoms with Gasteiger partial charge in [0.05, 0.1) is 29.6 Å². The zero-order valence-electron chi connectivity index (χ0n) is 12.5. The summed E-state index contributed by atoms with van der Waals surface area (Å²) in [6.45, 7) is 2.92. The highest BCUT2D eigenvalue weighted by Crippen LogP contribution is 2.47. The molecular weight excluding hydrogens is 354 g/mol. The lowest BCUT2D eigenvalue weighted by atomic mass is 10.1. The summed E-state index contributed by atoms with van der Waals surface area (Å²) in [5, 5.41) is 3.40. The number of rotatable bonds is 3. The Kier molecular flexibility index (Phi) is 5.08. The highest BCUT2D eigenvalue weighted by Gasteiger charge is 2.50. The summed E-state index contributed by atoms with van der Waals surface area (Å²) in [6.07, 6.45) is 0.116. The number of hydrogen-bond donors (Lipinski definition) is 1. The van der Waals surface area contributed by atoms with Crippen LogP contribution < -0.4 is 5.32 Å². The first-order valence-electron chi connectivity index (χ1n) is 7.26. The molecule has 1 spiro atoms. The first-order chi connectivity index (χ1) is 11.0. The summed E-state index contributed by atoms with van der Waals surface area (Å²) in [6, 6.07) is 10.0. The van der Waals surface area contributed by atoms with E-state index in [1.165, 1.54) is 11.8 Å². The zero-order chi connectivity index (χ0) is 16.4. The summed E-state index contributed by atoms with van der Waals surface area (Å²) < 4.78 is 11.8. The Morgan fingerprint density at radius 3 is 2.65 bits per heavy atom. The first-order valence-corrected chi connectivity index (χ1v) is 8.87. The van der Waals surface area contributed by atoms with Crippen LogP contribution in [0.5, 0.6) is 0 Å². The van der Waals surface area contributed by atoms with Crippen molar-refractivity contribution < 1.29 is 14.3 Å². The van der Waals surface area contributed by atoms with Gasteiger partial charge < -0.3 is 14.8 Å². The fourth-order valence-electron chi connectivity index (χ4n) is 2.60. The van der Waals surface area contributed by atoms with Gasteiger partial charge in [-0.25, -0.2) is 0 Å². The van der Waals surface area contributed by atoms with Gasteiger partial charge in [-0.05, 0) is 12.5 Å². The highest BCUT2D eigenvalue weighted by atomic mass is 35.5. The van der Waals surface area contributed by atoms with Crippen molar-refractivity contribution in [3.05, 3.63) is 45.8 Å². The molecule has 1 unspecified atom stereocenters. The predicted molar refractivity (Wildman–Crippen MR) is 95.3 cm³/mol. The van der Waals surface area contributed by atoms with E-state index in [-0.39, 0.29) is 23.3 Å². The minimum Gasteiger partial charge on any atom is -0.364 e. The lowest BCUT2D eigenvalue weighted by Crippen LogP contribution is -2.31. The fraction of sp³-hybridized carbons (Fsp3) is 0.375. The maximum Gasteiger partial charge on any atom is 0.210 e. The normalized spacial score (nSPS) is 21.0. The van der Waals surface area contributed by atoms with Crippen LogP contribution in [0.25, 0.3) is 0 Å². The van der Waals surface area contributed by atoms with Crippen LogP contribution >= 0.6 is 35.6 Å². The van der Waals surface area contributed by atoms with Gasteiger partial charge in [-0.1, -0.05) is 65.9 Å². The second-order valence-corrected chi connectivity index (χ2v) is 7.42. The quantitative estimate of drug-likeness (QED) is 0.822. The minimum absolute atomic E-state index is 0.0500. The largest absolute Gasteiger partial charge is 0.364 e. The Morgan fingerprint density at radius 2 is 2.00 bits per heavy atom. The third-order valence-electron chi connectivity index (χ3n) is 3.77. The topological polar surface area (TPSA) is 47.6 Å². The summed E-state index contributed by atoms with van der Waals surface area (Å²) in [5.41, 5.74) is 1.13. The van der Waals surface area contributed by atoms with Crippen LogP contribution in [-0.4, -0.2) is 29.1 Å². The number of Topliss-reactive ketones (excluding diaryl/α,β-unsaturated/α-hetero) is 1. The lowest BCUT2D eigenvalue weighted by Gasteiger charge is -2.25. The molecule has 1 aliphatic heterocycles. The molecule has 1 saturated heterocycles. The van der Waals surface area contributed by atoms with Crippen LogP contribution in [-0.2, 0) is 14.3 Å². The van der Waals surface area contributed by atoms with Crippen molar-refractivity contribution in [2.45, 2.75) is 25.2 Å². The van der Waals surface area contributed by atoms with E-state index in [4.69, 9.17) is 33.3 Å². The summed E-state index contributed by atoms with van der Waals surface area (Å²) in [7, 11) is 0. The van der Waals surface area contributed by atoms with E-state index in [2.05, 4.69) is 5.32 Å². The van der Waals surface area contributed by atoms with Crippen LogP contribution in [0.3, 0.4) is 0 Å². The van der Waals surface area contributed by atoms with Crippen molar-refractivity contribution in [2.75, 3.05) is 13.2 Å². The number of allylic oxidation sites excluding steroid dienone is 1. The van der Waals surface area contributed by atoms with E-state index in [0.29, 0.717) is 22.4 Å². The molecule has 1 heterocycles. The molecule has 3 rings (SSSR count). The summed E-state index contributed by atoms with van der Waals surface area (Å²) >= 11 is 12.8. The Balaban J connectivity index is 1.70. The van der Waals surface area contributed by atoms with Crippen LogP contribution in [0.2, 0.25) is 0 Å². The zero-order valence-corrected chi connectivity index (χ0v) is 14.9. The number of halogens is 1. The second kappa shape index (κ2) is 6.91. The van der Waals surface area contributed by atoms with Crippen molar-refractivity contribution in [3.63, 3.8) is 0 Å². The van der Waals surface area contributed by atoms with Gasteiger partial charge in [0.15, 0.2) is 5.78 Å². The van der Waals surface area contributed by atoms with E-state index in [1.54, 1.807) is 0 Å². The van der Waals surface area contributed by atoms with Gasteiger partial charge in [0, 0.05) is 6.04 Å². The predicted octanol–water partition coefficient (Wildman–Crippen LogP) is 3.52. The number of thiocarbonyl (C=S) groups is 1. The monoisotopic (exact) mass is 369 g/mol. The fourth-order valence-corrected chi connectivity index (χ4v) is 4.32. The molecule has 122 valence electrons. The average molecular weight is 370 g/mol. The number of nitrogens with one attached hydrogen (secondary N) is 1. The van der Waals surface area contributed by atoms with E-state index in [1.807, 2.05) is 37.3 Å². The standard InChI is InChI=1S/C16H16ClNO3S2/c1-10(11-5-3-2-4-6-11)18-15(22)23-14-13(17)12(19)9-16(14)20-7-8-21-16/h2-6,10H,7-9H2,1H3,(H,18,22). The summed E-state index contributed by atoms with van der Waals surface area (Å²) in [4.78, 5) is 12.5. The molecule has 1 N–H and O–H groups in total. The van der Waals surface area contributed by atoms with Gasteiger partial charge in [-0.15, -0.1) is 0 Å². The van der Waals surface area contributed by atoms with Crippen molar-refractivity contribution in [1.82, 2.24) is 5.32 Å². The summed E-state index contributed by atoms with van der Waals surface area (Å²) in [5.74, 6) is -1.21. The Bertz CT molecular complexity index is 657. The van der Waals surface area contributed by atoms with Crippen molar-refractivity contribution in [3.8, 4) is 0 Å². The van der Waals surface area contributed by atoms with Gasteiger partial charge in [0.25, 0.3) is 0 Å². The third kappa shape index (κ3) is 3.46.